The summed E-state index contributed by atoms with van der Waals surface area (Å²) >= 11 is 0. The number of anilines is 2. The molecular formula is C54H36N4. The molecule has 0 bridgehead atoms. The molecule has 0 saturated heterocycles. The Balaban J connectivity index is 1.05. The van der Waals surface area contributed by atoms with Gasteiger partial charge in [-0.1, -0.05) is 170 Å². The third-order valence-electron chi connectivity index (χ3n) is 12.1. The van der Waals surface area contributed by atoms with Crippen molar-refractivity contribution in [3.8, 4) is 28.3 Å². The molecule has 3 heterocycles. The predicted octanol–water partition coefficient (Wildman–Crippen LogP) is 13.5. The number of allylic oxidation sites excluding steroid dienone is 2. The second-order valence-electron chi connectivity index (χ2n) is 15.3. The summed E-state index contributed by atoms with van der Waals surface area (Å²) < 4.78 is 2.29. The van der Waals surface area contributed by atoms with Gasteiger partial charge in [0.1, 0.15) is 0 Å². The highest BCUT2D eigenvalue weighted by atomic mass is 15.2. The van der Waals surface area contributed by atoms with Gasteiger partial charge in [0.15, 0.2) is 0 Å². The van der Waals surface area contributed by atoms with Crippen LogP contribution >= 0.6 is 0 Å². The fourth-order valence-corrected chi connectivity index (χ4v) is 9.52. The van der Waals surface area contributed by atoms with E-state index in [2.05, 4.69) is 216 Å². The first-order valence-corrected chi connectivity index (χ1v) is 20.0. The quantitative estimate of drug-likeness (QED) is 0.176. The van der Waals surface area contributed by atoms with E-state index in [0.29, 0.717) is 5.95 Å². The maximum absolute atomic E-state index is 5.45. The van der Waals surface area contributed by atoms with Gasteiger partial charge < -0.3 is 4.90 Å². The Kier molecular flexibility index (Phi) is 7.32. The van der Waals surface area contributed by atoms with E-state index in [9.17, 15) is 0 Å². The van der Waals surface area contributed by atoms with Gasteiger partial charge in [-0.05, 0) is 69.6 Å². The number of para-hydroxylation sites is 4. The lowest BCUT2D eigenvalue weighted by molar-refractivity contribution is 0.747. The first kappa shape index (κ1) is 32.7. The molecule has 2 atom stereocenters. The van der Waals surface area contributed by atoms with Crippen molar-refractivity contribution >= 4 is 60.4 Å². The van der Waals surface area contributed by atoms with E-state index in [1.54, 1.807) is 0 Å². The number of rotatable bonds is 5. The summed E-state index contributed by atoms with van der Waals surface area (Å²) in [6, 6.07) is 67.5. The van der Waals surface area contributed by atoms with Crippen LogP contribution in [-0.2, 0) is 0 Å². The molecule has 58 heavy (non-hydrogen) atoms. The zero-order chi connectivity index (χ0) is 38.2. The lowest BCUT2D eigenvalue weighted by atomic mass is 9.84. The van der Waals surface area contributed by atoms with Crippen molar-refractivity contribution in [2.24, 2.45) is 0 Å². The van der Waals surface area contributed by atoms with Crippen LogP contribution < -0.4 is 4.90 Å². The fourth-order valence-electron chi connectivity index (χ4n) is 9.52. The maximum Gasteiger partial charge on any atom is 0.235 e. The molecule has 2 unspecified atom stereocenters. The first-order valence-electron chi connectivity index (χ1n) is 20.0. The van der Waals surface area contributed by atoms with Crippen LogP contribution in [0.2, 0.25) is 0 Å². The number of hydrogen-bond donors (Lipinski definition) is 0. The van der Waals surface area contributed by atoms with Crippen LogP contribution in [0.25, 0.3) is 77.4 Å². The molecule has 0 saturated carbocycles. The summed E-state index contributed by atoms with van der Waals surface area (Å²) in [6.07, 6.45) is 7.25. The number of aromatic nitrogens is 3. The average molecular weight is 741 g/mol. The van der Waals surface area contributed by atoms with Gasteiger partial charge in [0.2, 0.25) is 5.95 Å². The Morgan fingerprint density at radius 2 is 1.12 bits per heavy atom. The molecule has 0 fully saturated rings. The summed E-state index contributed by atoms with van der Waals surface area (Å²) in [5, 5.41) is 5.77. The number of benzene rings is 8. The van der Waals surface area contributed by atoms with Gasteiger partial charge >= 0.3 is 0 Å². The molecule has 4 nitrogen and oxygen atoms in total. The van der Waals surface area contributed by atoms with E-state index >= 15 is 0 Å². The average Bonchev–Trinajstić information content (AvgIpc) is 3.82. The van der Waals surface area contributed by atoms with Crippen LogP contribution in [0, 0.1) is 0 Å². The molecule has 4 heteroatoms. The van der Waals surface area contributed by atoms with Gasteiger partial charge in [0.05, 0.1) is 28.3 Å². The third kappa shape index (κ3) is 5.01. The summed E-state index contributed by atoms with van der Waals surface area (Å²) in [5.74, 6) is 0.881. The predicted molar refractivity (Wildman–Crippen MR) is 241 cm³/mol. The zero-order valence-corrected chi connectivity index (χ0v) is 31.6. The minimum absolute atomic E-state index is 0.203. The van der Waals surface area contributed by atoms with Gasteiger partial charge in [-0.25, -0.2) is 9.97 Å². The SMILES string of the molecule is C1=CC2C(C=C1c1cc3c4ccccc4n(-c4nc(-c5ccc(-c6ccccc6)cc5)c5ccccc5n4)c3c3ccccc13)c1ccccc1N2c1ccccc1. The van der Waals surface area contributed by atoms with Crippen LogP contribution in [0.1, 0.15) is 17.0 Å². The van der Waals surface area contributed by atoms with Gasteiger partial charge in [0.25, 0.3) is 0 Å². The highest BCUT2D eigenvalue weighted by molar-refractivity contribution is 6.21. The Morgan fingerprint density at radius 1 is 0.483 bits per heavy atom. The summed E-state index contributed by atoms with van der Waals surface area (Å²) in [6.45, 7) is 0. The van der Waals surface area contributed by atoms with Crippen molar-refractivity contribution in [3.05, 3.63) is 217 Å². The number of fused-ring (bicyclic) bond motifs is 9. The molecule has 2 aromatic heterocycles. The lowest BCUT2D eigenvalue weighted by Gasteiger charge is -2.30. The van der Waals surface area contributed by atoms with Crippen LogP contribution in [0.3, 0.4) is 0 Å². The van der Waals surface area contributed by atoms with Crippen LogP contribution in [0.4, 0.5) is 11.4 Å². The van der Waals surface area contributed by atoms with Crippen molar-refractivity contribution in [1.29, 1.82) is 0 Å². The minimum atomic E-state index is 0.203. The minimum Gasteiger partial charge on any atom is -0.333 e. The monoisotopic (exact) mass is 740 g/mol. The molecule has 0 spiro atoms. The molecule has 2 aliphatic rings. The summed E-state index contributed by atoms with van der Waals surface area (Å²) in [5.41, 5.74) is 13.8. The highest BCUT2D eigenvalue weighted by Gasteiger charge is 2.38. The third-order valence-corrected chi connectivity index (χ3v) is 12.1. The smallest absolute Gasteiger partial charge is 0.235 e. The van der Waals surface area contributed by atoms with E-state index in [1.807, 2.05) is 0 Å². The Morgan fingerprint density at radius 3 is 1.95 bits per heavy atom. The zero-order valence-electron chi connectivity index (χ0n) is 31.6. The van der Waals surface area contributed by atoms with Gasteiger partial charge in [-0.2, -0.15) is 0 Å². The number of hydrogen-bond acceptors (Lipinski definition) is 3. The van der Waals surface area contributed by atoms with E-state index in [-0.39, 0.29) is 12.0 Å². The standard InChI is InChI=1S/C54H36N4/c1-3-15-35(16-4-1)36-27-29-37(30-28-36)52-44-23-9-12-24-48(44)55-54(56-52)58-50-26-14-11-21-42(50)47-34-45(40-19-7-8-22-43(40)53(47)58)38-31-32-51-46(33-38)41-20-10-13-25-49(41)57(51)39-17-5-2-6-18-39/h1-34,46,51H. The molecule has 10 aromatic rings. The molecule has 1 aliphatic carbocycles. The molecule has 0 N–H and O–H groups in total. The van der Waals surface area contributed by atoms with Crippen molar-refractivity contribution in [1.82, 2.24) is 14.5 Å². The topological polar surface area (TPSA) is 34.0 Å². The molecular weight excluding hydrogens is 705 g/mol. The van der Waals surface area contributed by atoms with E-state index in [0.717, 1.165) is 33.2 Å². The fraction of sp³-hybridized carbons (Fsp3) is 0.0370. The molecule has 12 rings (SSSR count). The molecule has 0 radical (unpaired) electrons. The van der Waals surface area contributed by atoms with Crippen molar-refractivity contribution in [3.63, 3.8) is 0 Å². The van der Waals surface area contributed by atoms with Crippen molar-refractivity contribution in [2.75, 3.05) is 4.90 Å². The number of nitrogens with zero attached hydrogens (tertiary/aromatic N) is 4. The highest BCUT2D eigenvalue weighted by Crippen LogP contribution is 2.50. The maximum atomic E-state index is 5.45. The van der Waals surface area contributed by atoms with Crippen LogP contribution in [-0.4, -0.2) is 20.6 Å². The first-order chi connectivity index (χ1) is 28.8. The Labute approximate surface area is 336 Å². The normalized spacial score (nSPS) is 15.9. The van der Waals surface area contributed by atoms with Gasteiger partial charge in [-0.15, -0.1) is 0 Å². The molecule has 0 amide bonds. The van der Waals surface area contributed by atoms with Crippen molar-refractivity contribution in [2.45, 2.75) is 12.0 Å². The lowest BCUT2D eigenvalue weighted by Crippen LogP contribution is -2.28. The molecule has 272 valence electrons. The van der Waals surface area contributed by atoms with E-state index in [1.165, 1.54) is 60.7 Å². The largest absolute Gasteiger partial charge is 0.333 e. The van der Waals surface area contributed by atoms with Crippen LogP contribution in [0.15, 0.2) is 206 Å². The summed E-state index contributed by atoms with van der Waals surface area (Å²) in [7, 11) is 0. The second-order valence-corrected chi connectivity index (χ2v) is 15.3. The van der Waals surface area contributed by atoms with Gasteiger partial charge in [0, 0.05) is 44.4 Å². The van der Waals surface area contributed by atoms with E-state index < -0.39 is 0 Å². The Bertz CT molecular complexity index is 3290. The van der Waals surface area contributed by atoms with Crippen LogP contribution in [0.5, 0.6) is 0 Å². The van der Waals surface area contributed by atoms with Crippen molar-refractivity contribution < 1.29 is 0 Å². The second kappa shape index (κ2) is 13.0. The molecule has 8 aromatic carbocycles. The van der Waals surface area contributed by atoms with E-state index in [4.69, 9.17) is 9.97 Å². The Hall–Kier alpha value is -7.56. The molecule has 1 aliphatic heterocycles. The summed E-state index contributed by atoms with van der Waals surface area (Å²) in [4.78, 5) is 13.2. The van der Waals surface area contributed by atoms with Gasteiger partial charge in [-0.3, -0.25) is 4.57 Å².